The Balaban J connectivity index is -0.0000000710. The number of halogens is 15. The van der Waals surface area contributed by atoms with E-state index >= 15 is 0 Å². The maximum Gasteiger partial charge on any atom is 0.482 e. The normalized spacial score (nSPS) is 12.9. The van der Waals surface area contributed by atoms with E-state index < -0.39 is 37.4 Å². The molecule has 0 N–H and O–H groups in total. The summed E-state index contributed by atoms with van der Waals surface area (Å²) < 4.78 is 173. The van der Waals surface area contributed by atoms with Gasteiger partial charge in [0.25, 0.3) is 0 Å². The highest BCUT2D eigenvalue weighted by Gasteiger charge is 2.58. The summed E-state index contributed by atoms with van der Waals surface area (Å²) in [6.45, 7) is 0.458. The van der Waals surface area contributed by atoms with E-state index in [1.165, 1.54) is 6.92 Å². The highest BCUT2D eigenvalue weighted by Crippen LogP contribution is 2.35. The predicted molar refractivity (Wildman–Crippen MR) is 85.1 cm³/mol. The Kier molecular flexibility index (Phi) is 31.0. The molecule has 0 radical (unpaired) electrons. The fraction of sp³-hybridized carbons (Fsp3) is 1.00. The van der Waals surface area contributed by atoms with Gasteiger partial charge in [0.05, 0.1) is 13.8 Å². The number of alkyl halides is 14. The summed E-state index contributed by atoms with van der Waals surface area (Å²) in [7, 11) is 2.86. The molecule has 0 aliphatic carbocycles. The Morgan fingerprint density at radius 3 is 0.788 bits per heavy atom. The van der Waals surface area contributed by atoms with Crippen LogP contribution in [0.4, 0.5) is 66.0 Å². The highest BCUT2D eigenvalue weighted by atomic mass is 19.4. The quantitative estimate of drug-likeness (QED) is 0.351. The molecule has 0 aliphatic heterocycles. The molecule has 0 fully saturated rings. The second kappa shape index (κ2) is 22.6. The lowest BCUT2D eigenvalue weighted by Gasteiger charge is -2.20. The number of ether oxygens (including phenoxy) is 3. The fourth-order valence-electron chi connectivity index (χ4n) is 0.231. The number of rotatable bonds is 3. The second-order valence-corrected chi connectivity index (χ2v) is 4.37. The van der Waals surface area contributed by atoms with Gasteiger partial charge in [-0.2, -0.15) is 48.8 Å². The molecule has 0 aromatic carbocycles. The summed E-state index contributed by atoms with van der Waals surface area (Å²) in [6.07, 6.45) is -18.5. The first-order valence-corrected chi connectivity index (χ1v) is 7.49. The van der Waals surface area contributed by atoms with Gasteiger partial charge in [0.15, 0.2) is 0 Å². The van der Waals surface area contributed by atoms with Crippen molar-refractivity contribution in [3.63, 3.8) is 0 Å². The Morgan fingerprint density at radius 1 is 0.576 bits per heavy atom. The fourth-order valence-corrected chi connectivity index (χ4v) is 0.231. The van der Waals surface area contributed by atoms with E-state index in [2.05, 4.69) is 19.2 Å². The van der Waals surface area contributed by atoms with E-state index in [0.29, 0.717) is 21.0 Å². The first-order valence-electron chi connectivity index (χ1n) is 7.49. The smallest absolute Gasteiger partial charge is 0.342 e. The third-order valence-corrected chi connectivity index (χ3v) is 1.83. The van der Waals surface area contributed by atoms with Crippen LogP contribution in [0.2, 0.25) is 0 Å². The van der Waals surface area contributed by atoms with E-state index in [4.69, 9.17) is 0 Å². The van der Waals surface area contributed by atoms with Crippen LogP contribution < -0.4 is 0 Å². The number of methoxy groups -OCH3 is 3. The summed E-state index contributed by atoms with van der Waals surface area (Å²) in [5.74, 6) is -3.52. The second-order valence-electron chi connectivity index (χ2n) is 4.37. The minimum Gasteiger partial charge on any atom is -0.342 e. The lowest BCUT2D eigenvalue weighted by atomic mass is 10.3. The molecule has 0 bridgehead atoms. The van der Waals surface area contributed by atoms with Crippen molar-refractivity contribution in [1.29, 1.82) is 0 Å². The lowest BCUT2D eigenvalue weighted by molar-refractivity contribution is -0.383. The zero-order valence-corrected chi connectivity index (χ0v) is 18.2. The van der Waals surface area contributed by atoms with Gasteiger partial charge in [0.2, 0.25) is 6.93 Å². The minimum atomic E-state index is -5.61. The van der Waals surface area contributed by atoms with Gasteiger partial charge in [-0.05, 0) is 11.4 Å². The molecule has 1 unspecified atom stereocenters. The molecule has 4 nitrogen and oxygen atoms in total. The maximum absolute atomic E-state index is 12.0. The van der Waals surface area contributed by atoms with E-state index in [1.807, 2.05) is 0 Å². The van der Waals surface area contributed by atoms with Crippen molar-refractivity contribution in [3.8, 4) is 0 Å². The molecule has 0 saturated carbocycles. The van der Waals surface area contributed by atoms with Crippen molar-refractivity contribution in [2.75, 3.05) is 42.0 Å². The van der Waals surface area contributed by atoms with Gasteiger partial charge >= 0.3 is 30.4 Å². The zero-order valence-electron chi connectivity index (χ0n) is 18.2. The van der Waals surface area contributed by atoms with Gasteiger partial charge in [-0.25, -0.2) is 13.2 Å². The molecule has 0 spiro atoms. The molecule has 0 aromatic heterocycles. The van der Waals surface area contributed by atoms with Gasteiger partial charge in [-0.15, -0.1) is 0 Å². The number of hydrogen-bond acceptors (Lipinski definition) is 4. The van der Waals surface area contributed by atoms with Crippen molar-refractivity contribution in [2.24, 2.45) is 0 Å². The van der Waals surface area contributed by atoms with Crippen LogP contribution >= 0.6 is 0 Å². The summed E-state index contributed by atoms with van der Waals surface area (Å²) in [5.41, 5.74) is 0. The maximum atomic E-state index is 12.0. The van der Waals surface area contributed by atoms with Crippen molar-refractivity contribution >= 4 is 0 Å². The van der Waals surface area contributed by atoms with E-state index in [9.17, 15) is 66.0 Å². The first-order chi connectivity index (χ1) is 14.4. The highest BCUT2D eigenvalue weighted by molar-refractivity contribution is 4.69. The number of hydrogen-bond donors (Lipinski definition) is 0. The standard InChI is InChI=1S/C4H6F4O.C3H3F5O.C3H6F2O.C2H5F.CH2F2.CH3FO/c1-3(5,9-2)4(6,7)8;1-9-3(7,8)2(4,5)6;1-3(4,5)6-2;1-2-3;2-1-3;1-3-2/h1-2H3;1H3;1-2H3;2H2,1H3;1H2;1H3. The Labute approximate surface area is 179 Å². The van der Waals surface area contributed by atoms with Crippen LogP contribution in [0, 0.1) is 0 Å². The van der Waals surface area contributed by atoms with E-state index in [1.54, 1.807) is 0 Å². The molecule has 210 valence electrons. The molecule has 0 aromatic rings. The van der Waals surface area contributed by atoms with Crippen LogP contribution in [0.15, 0.2) is 0 Å². The van der Waals surface area contributed by atoms with Crippen molar-refractivity contribution in [2.45, 2.75) is 51.2 Å². The van der Waals surface area contributed by atoms with Crippen LogP contribution in [-0.2, 0) is 19.2 Å². The Hall–Kier alpha value is -1.21. The van der Waals surface area contributed by atoms with Crippen molar-refractivity contribution in [3.05, 3.63) is 0 Å². The van der Waals surface area contributed by atoms with Gasteiger partial charge in [-0.1, -0.05) is 0 Å². The van der Waals surface area contributed by atoms with Gasteiger partial charge < -0.3 is 14.2 Å². The summed E-state index contributed by atoms with van der Waals surface area (Å²) in [4.78, 5) is 2.75. The third kappa shape index (κ3) is 38.4. The predicted octanol–water partition coefficient (Wildman–Crippen LogP) is 7.29. The van der Waals surface area contributed by atoms with Crippen LogP contribution in [0.1, 0.15) is 20.8 Å². The molecule has 0 amide bonds. The zero-order chi connectivity index (χ0) is 28.7. The molecule has 19 heteroatoms. The average Bonchev–Trinajstić information content (AvgIpc) is 2.62. The Morgan fingerprint density at radius 2 is 0.788 bits per heavy atom. The SMILES string of the molecule is CCF.COC(C)(F)C(F)(F)F.COC(C)(F)F.COC(F)(F)C(F)(F)F.COF.FCF. The molecule has 0 aliphatic rings. The average molecular weight is 542 g/mol. The van der Waals surface area contributed by atoms with Gasteiger partial charge in [0.1, 0.15) is 0 Å². The van der Waals surface area contributed by atoms with Crippen LogP contribution in [-0.4, -0.2) is 72.5 Å². The van der Waals surface area contributed by atoms with E-state index in [0.717, 1.165) is 14.2 Å². The summed E-state index contributed by atoms with van der Waals surface area (Å²) >= 11 is 0. The molecular weight excluding hydrogens is 517 g/mol. The monoisotopic (exact) mass is 542 g/mol. The summed E-state index contributed by atoms with van der Waals surface area (Å²) in [5, 5.41) is 0. The first kappa shape index (κ1) is 45.3. The van der Waals surface area contributed by atoms with Gasteiger partial charge in [-0.3, -0.25) is 4.39 Å². The van der Waals surface area contributed by atoms with Crippen LogP contribution in [0.3, 0.4) is 0 Å². The van der Waals surface area contributed by atoms with E-state index in [-0.39, 0.29) is 13.8 Å². The minimum absolute atomic E-state index is 0.250. The summed E-state index contributed by atoms with van der Waals surface area (Å²) in [6, 6.07) is 0. The van der Waals surface area contributed by atoms with Crippen LogP contribution in [0.5, 0.6) is 0 Å². The molecule has 0 heterocycles. The molecule has 1 atom stereocenters. The third-order valence-electron chi connectivity index (χ3n) is 1.83. The van der Waals surface area contributed by atoms with Crippen LogP contribution in [0.25, 0.3) is 0 Å². The van der Waals surface area contributed by atoms with Gasteiger partial charge in [0, 0.05) is 35.2 Å². The Bertz CT molecular complexity index is 352. The topological polar surface area (TPSA) is 36.9 Å². The molecule has 33 heavy (non-hydrogen) atoms. The largest absolute Gasteiger partial charge is 0.482 e. The molecule has 0 rings (SSSR count). The van der Waals surface area contributed by atoms with Crippen molar-refractivity contribution < 1.29 is 85.1 Å². The lowest BCUT2D eigenvalue weighted by Crippen LogP contribution is -2.39. The molecule has 0 saturated heterocycles. The molecular formula is C14H25F15O4. The van der Waals surface area contributed by atoms with Crippen molar-refractivity contribution in [1.82, 2.24) is 0 Å².